The number of ether oxygens (including phenoxy) is 1. The summed E-state index contributed by atoms with van der Waals surface area (Å²) in [6.07, 6.45) is 6.33. The predicted molar refractivity (Wildman–Crippen MR) is 104 cm³/mol. The number of hydrogen-bond acceptors (Lipinski definition) is 6. The molecule has 5 rings (SSSR count). The fraction of sp³-hybridized carbons (Fsp3) is 0.409. The van der Waals surface area contributed by atoms with Gasteiger partial charge in [-0.3, -0.25) is 9.88 Å². The van der Waals surface area contributed by atoms with Gasteiger partial charge in [-0.15, -0.1) is 0 Å². The molecule has 0 spiro atoms. The van der Waals surface area contributed by atoms with Gasteiger partial charge >= 0.3 is 0 Å². The van der Waals surface area contributed by atoms with Crippen LogP contribution in [0, 0.1) is 0 Å². The Hall–Kier alpha value is -2.57. The van der Waals surface area contributed by atoms with E-state index in [4.69, 9.17) is 14.2 Å². The molecule has 0 saturated carbocycles. The van der Waals surface area contributed by atoms with Gasteiger partial charge in [-0.25, -0.2) is 0 Å². The maximum atomic E-state index is 5.68. The Kier molecular flexibility index (Phi) is 4.89. The molecule has 28 heavy (non-hydrogen) atoms. The van der Waals surface area contributed by atoms with Crippen LogP contribution in [0.15, 0.2) is 47.1 Å². The summed E-state index contributed by atoms with van der Waals surface area (Å²) < 4.78 is 11.3. The highest BCUT2D eigenvalue weighted by molar-refractivity contribution is 5.53. The van der Waals surface area contributed by atoms with E-state index >= 15 is 0 Å². The third-order valence-electron chi connectivity index (χ3n) is 5.62. The first-order chi connectivity index (χ1) is 13.9. The first-order valence-corrected chi connectivity index (χ1v) is 10.0. The fourth-order valence-electron chi connectivity index (χ4n) is 4.15. The molecule has 0 radical (unpaired) electrons. The van der Waals surface area contributed by atoms with Gasteiger partial charge in [0.2, 0.25) is 11.7 Å². The van der Waals surface area contributed by atoms with Crippen LogP contribution in [-0.2, 0) is 24.3 Å². The Morgan fingerprint density at radius 1 is 1.14 bits per heavy atom. The van der Waals surface area contributed by atoms with E-state index in [0.717, 1.165) is 38.1 Å². The number of likely N-dealkylation sites (tertiary alicyclic amines) is 1. The van der Waals surface area contributed by atoms with Crippen LogP contribution >= 0.6 is 0 Å². The Labute approximate surface area is 164 Å². The van der Waals surface area contributed by atoms with Crippen molar-refractivity contribution in [3.05, 3.63) is 65.3 Å². The largest absolute Gasteiger partial charge is 0.376 e. The minimum absolute atomic E-state index is 0.158. The molecule has 1 saturated heterocycles. The van der Waals surface area contributed by atoms with Gasteiger partial charge in [0.1, 0.15) is 0 Å². The highest BCUT2D eigenvalue weighted by atomic mass is 16.5. The number of benzene rings is 1. The molecule has 2 aliphatic heterocycles. The lowest BCUT2D eigenvalue weighted by Gasteiger charge is -2.33. The van der Waals surface area contributed by atoms with Gasteiger partial charge in [-0.05, 0) is 36.6 Å². The predicted octanol–water partition coefficient (Wildman–Crippen LogP) is 3.93. The minimum Gasteiger partial charge on any atom is -0.376 e. The van der Waals surface area contributed by atoms with Crippen molar-refractivity contribution < 1.29 is 9.26 Å². The molecule has 6 nitrogen and oxygen atoms in total. The van der Waals surface area contributed by atoms with Crippen LogP contribution in [0.25, 0.3) is 11.4 Å². The van der Waals surface area contributed by atoms with Crippen molar-refractivity contribution in [2.75, 3.05) is 13.2 Å². The zero-order valence-corrected chi connectivity index (χ0v) is 15.9. The molecule has 0 amide bonds. The maximum Gasteiger partial charge on any atom is 0.244 e. The van der Waals surface area contributed by atoms with Gasteiger partial charge in [-0.1, -0.05) is 41.9 Å². The van der Waals surface area contributed by atoms with Crippen molar-refractivity contribution in [1.82, 2.24) is 20.0 Å². The zero-order valence-electron chi connectivity index (χ0n) is 15.9. The summed E-state index contributed by atoms with van der Waals surface area (Å²) in [6, 6.07) is 12.4. The second-order valence-corrected chi connectivity index (χ2v) is 7.56. The molecule has 2 aromatic heterocycles. The molecule has 4 heterocycles. The number of aromatic nitrogens is 3. The highest BCUT2D eigenvalue weighted by Gasteiger charge is 2.29. The smallest absolute Gasteiger partial charge is 0.244 e. The number of nitrogens with zero attached hydrogens (tertiary/aromatic N) is 4. The van der Waals surface area contributed by atoms with Crippen molar-refractivity contribution in [2.24, 2.45) is 0 Å². The Bertz CT molecular complexity index is 941. The van der Waals surface area contributed by atoms with Crippen molar-refractivity contribution in [1.29, 1.82) is 0 Å². The molecule has 3 aromatic rings. The summed E-state index contributed by atoms with van der Waals surface area (Å²) in [4.78, 5) is 11.8. The number of hydrogen-bond donors (Lipinski definition) is 0. The van der Waals surface area contributed by atoms with Crippen molar-refractivity contribution in [2.45, 2.75) is 44.9 Å². The molecule has 6 heteroatoms. The highest BCUT2D eigenvalue weighted by Crippen LogP contribution is 2.32. The van der Waals surface area contributed by atoms with Crippen molar-refractivity contribution in [3.63, 3.8) is 0 Å². The fourth-order valence-corrected chi connectivity index (χ4v) is 4.15. The Morgan fingerprint density at radius 2 is 2.07 bits per heavy atom. The van der Waals surface area contributed by atoms with E-state index in [2.05, 4.69) is 21.1 Å². The summed E-state index contributed by atoms with van der Waals surface area (Å²) in [5, 5.41) is 4.22. The topological polar surface area (TPSA) is 64.3 Å². The van der Waals surface area contributed by atoms with Crippen LogP contribution in [-0.4, -0.2) is 33.2 Å². The Balaban J connectivity index is 1.36. The van der Waals surface area contributed by atoms with Crippen molar-refractivity contribution in [3.8, 4) is 11.4 Å². The summed E-state index contributed by atoms with van der Waals surface area (Å²) in [6.45, 7) is 3.31. The number of fused-ring (bicyclic) bond motifs is 1. The molecule has 1 aromatic carbocycles. The second kappa shape index (κ2) is 7.81. The van der Waals surface area contributed by atoms with E-state index in [0.29, 0.717) is 18.3 Å². The minimum atomic E-state index is 0.158. The van der Waals surface area contributed by atoms with Gasteiger partial charge < -0.3 is 9.26 Å². The van der Waals surface area contributed by atoms with Crippen LogP contribution < -0.4 is 0 Å². The molecule has 1 atom stereocenters. The van der Waals surface area contributed by atoms with E-state index in [1.165, 1.54) is 29.7 Å². The third-order valence-corrected chi connectivity index (χ3v) is 5.62. The quantitative estimate of drug-likeness (QED) is 0.687. The normalized spacial score (nSPS) is 20.1. The molecule has 0 N–H and O–H groups in total. The standard InChI is InChI=1S/C22H24N4O2/c1-2-6-17(7-3-1)21-24-22(28-25-21)20-8-4-5-10-26(20)14-16-12-18-15-27-11-9-19(18)23-13-16/h1-3,6-7,12-13,20H,4-5,8-11,14-15H2. The SMILES string of the molecule is c1ccc(-c2noc(C3CCCCN3Cc3cnc4c(c3)COCC4)n2)cc1. The van der Waals surface area contributed by atoms with Crippen LogP contribution in [0.1, 0.15) is 48.0 Å². The van der Waals surface area contributed by atoms with Gasteiger partial charge in [0.25, 0.3) is 0 Å². The average Bonchev–Trinajstić information content (AvgIpc) is 3.25. The first kappa shape index (κ1) is 17.5. The molecule has 1 unspecified atom stereocenters. The van der Waals surface area contributed by atoms with Crippen LogP contribution in [0.3, 0.4) is 0 Å². The molecular formula is C22H24N4O2. The monoisotopic (exact) mass is 376 g/mol. The number of piperidine rings is 1. The van der Waals surface area contributed by atoms with E-state index in [1.54, 1.807) is 0 Å². The van der Waals surface area contributed by atoms with Crippen LogP contribution in [0.4, 0.5) is 0 Å². The van der Waals surface area contributed by atoms with Crippen LogP contribution in [0.5, 0.6) is 0 Å². The maximum absolute atomic E-state index is 5.68. The second-order valence-electron chi connectivity index (χ2n) is 7.56. The van der Waals surface area contributed by atoms with Crippen molar-refractivity contribution >= 4 is 0 Å². The van der Waals surface area contributed by atoms with Gasteiger partial charge in [0, 0.05) is 30.4 Å². The lowest BCUT2D eigenvalue weighted by molar-refractivity contribution is 0.106. The van der Waals surface area contributed by atoms with E-state index in [-0.39, 0.29) is 6.04 Å². The lowest BCUT2D eigenvalue weighted by atomic mass is 10.0. The lowest BCUT2D eigenvalue weighted by Crippen LogP contribution is -2.33. The number of rotatable bonds is 4. The molecule has 1 fully saturated rings. The number of pyridine rings is 1. The summed E-state index contributed by atoms with van der Waals surface area (Å²) in [7, 11) is 0. The molecule has 0 aliphatic carbocycles. The van der Waals surface area contributed by atoms with E-state index < -0.39 is 0 Å². The van der Waals surface area contributed by atoms with E-state index in [1.807, 2.05) is 36.5 Å². The zero-order chi connectivity index (χ0) is 18.8. The van der Waals surface area contributed by atoms with Gasteiger partial charge in [0.05, 0.1) is 19.3 Å². The summed E-state index contributed by atoms with van der Waals surface area (Å²) in [5.74, 6) is 1.38. The molecule has 0 bridgehead atoms. The van der Waals surface area contributed by atoms with Crippen LogP contribution in [0.2, 0.25) is 0 Å². The Morgan fingerprint density at radius 3 is 3.00 bits per heavy atom. The van der Waals surface area contributed by atoms with Gasteiger partial charge in [-0.2, -0.15) is 4.98 Å². The third kappa shape index (κ3) is 3.57. The molecule has 144 valence electrons. The molecule has 2 aliphatic rings. The summed E-state index contributed by atoms with van der Waals surface area (Å²) in [5.41, 5.74) is 4.61. The summed E-state index contributed by atoms with van der Waals surface area (Å²) >= 11 is 0. The van der Waals surface area contributed by atoms with Gasteiger partial charge in [0.15, 0.2) is 0 Å². The molecular weight excluding hydrogens is 352 g/mol. The average molecular weight is 376 g/mol. The van der Waals surface area contributed by atoms with E-state index in [9.17, 15) is 0 Å². The first-order valence-electron chi connectivity index (χ1n) is 10.0.